The third kappa shape index (κ3) is 4.03. The highest BCUT2D eigenvalue weighted by Crippen LogP contribution is 2.40. The molecular weight excluding hydrogens is 296 g/mol. The highest BCUT2D eigenvalue weighted by Gasteiger charge is 2.46. The molecule has 0 spiro atoms. The summed E-state index contributed by atoms with van der Waals surface area (Å²) in [6.07, 6.45) is 1.44. The lowest BCUT2D eigenvalue weighted by molar-refractivity contribution is -0.0684. The van der Waals surface area contributed by atoms with E-state index in [0.29, 0.717) is 12.0 Å². The van der Waals surface area contributed by atoms with Gasteiger partial charge in [-0.15, -0.1) is 0 Å². The fourth-order valence-electron chi connectivity index (χ4n) is 2.43. The topological polar surface area (TPSA) is 83.5 Å². The Kier molecular flexibility index (Phi) is 4.80. The molecule has 1 aliphatic carbocycles. The Hall–Kier alpha value is -1.96. The molecule has 122 valence electrons. The highest BCUT2D eigenvalue weighted by molar-refractivity contribution is 5.74. The summed E-state index contributed by atoms with van der Waals surface area (Å²) < 4.78 is 28.4. The van der Waals surface area contributed by atoms with E-state index in [4.69, 9.17) is 0 Å². The number of ether oxygens (including phenoxy) is 1. The molecule has 1 saturated carbocycles. The van der Waals surface area contributed by atoms with E-state index in [0.717, 1.165) is 0 Å². The van der Waals surface area contributed by atoms with Crippen molar-refractivity contribution in [1.82, 2.24) is 15.6 Å². The molecule has 6 nitrogen and oxygen atoms in total. The van der Waals surface area contributed by atoms with Crippen LogP contribution in [-0.2, 0) is 6.54 Å². The molecule has 0 radical (unpaired) electrons. The van der Waals surface area contributed by atoms with Crippen LogP contribution in [0.1, 0.15) is 25.8 Å². The molecule has 1 fully saturated rings. The monoisotopic (exact) mass is 315 g/mol. The van der Waals surface area contributed by atoms with Gasteiger partial charge in [0.2, 0.25) is 5.88 Å². The minimum Gasteiger partial charge on any atom is -0.417 e. The number of aromatic nitrogens is 1. The molecule has 8 heteroatoms. The largest absolute Gasteiger partial charge is 0.417 e. The van der Waals surface area contributed by atoms with Crippen molar-refractivity contribution in [2.24, 2.45) is 5.41 Å². The summed E-state index contributed by atoms with van der Waals surface area (Å²) in [7, 11) is 0. The van der Waals surface area contributed by atoms with E-state index >= 15 is 0 Å². The molecule has 3 N–H and O–H groups in total. The first-order valence-corrected chi connectivity index (χ1v) is 6.90. The van der Waals surface area contributed by atoms with Gasteiger partial charge >= 0.3 is 12.6 Å². The van der Waals surface area contributed by atoms with Gasteiger partial charge in [-0.25, -0.2) is 9.78 Å². The Morgan fingerprint density at radius 1 is 1.59 bits per heavy atom. The second kappa shape index (κ2) is 6.43. The lowest BCUT2D eigenvalue weighted by Gasteiger charge is -2.48. The number of nitrogens with one attached hydrogen (secondary N) is 2. The molecule has 2 rings (SSSR count). The van der Waals surface area contributed by atoms with Crippen LogP contribution in [0.5, 0.6) is 5.88 Å². The Labute approximate surface area is 126 Å². The molecule has 1 aliphatic rings. The lowest BCUT2D eigenvalue weighted by Crippen LogP contribution is -2.62. The first-order chi connectivity index (χ1) is 10.3. The van der Waals surface area contributed by atoms with Crippen molar-refractivity contribution in [3.63, 3.8) is 0 Å². The van der Waals surface area contributed by atoms with Crippen LogP contribution >= 0.6 is 0 Å². The predicted octanol–water partition coefficient (Wildman–Crippen LogP) is 1.64. The number of nitrogens with zero attached hydrogens (tertiary/aromatic N) is 1. The Morgan fingerprint density at radius 2 is 2.32 bits per heavy atom. The fourth-order valence-corrected chi connectivity index (χ4v) is 2.43. The van der Waals surface area contributed by atoms with Gasteiger partial charge in [0.25, 0.3) is 0 Å². The number of aliphatic hydroxyl groups excluding tert-OH is 1. The molecule has 1 aromatic rings. The molecule has 2 amide bonds. The summed E-state index contributed by atoms with van der Waals surface area (Å²) >= 11 is 0. The van der Waals surface area contributed by atoms with Gasteiger partial charge < -0.3 is 20.5 Å². The van der Waals surface area contributed by atoms with Crippen molar-refractivity contribution in [2.75, 3.05) is 0 Å². The standard InChI is InChI=1S/C14H19F2N3O3/c1-14(2)6-9(11(14)20)19-13(21)18-7-8-3-4-17-10(5-8)22-12(15)16/h3-5,9,11-12,20H,6-7H2,1-2H3,(H2,18,19,21)/t9-,11-/m0/s1. The minimum absolute atomic E-state index is 0.139. The molecule has 0 bridgehead atoms. The number of hydrogen-bond acceptors (Lipinski definition) is 4. The summed E-state index contributed by atoms with van der Waals surface area (Å²) in [6.45, 7) is 1.05. The van der Waals surface area contributed by atoms with Crippen molar-refractivity contribution in [1.29, 1.82) is 0 Å². The maximum atomic E-state index is 12.1. The third-order valence-corrected chi connectivity index (χ3v) is 3.71. The van der Waals surface area contributed by atoms with Crippen LogP contribution in [0.2, 0.25) is 0 Å². The zero-order valence-electron chi connectivity index (χ0n) is 12.3. The smallest absolute Gasteiger partial charge is 0.388 e. The lowest BCUT2D eigenvalue weighted by atomic mass is 9.65. The summed E-state index contributed by atoms with van der Waals surface area (Å²) in [6, 6.07) is 2.21. The second-order valence-corrected chi connectivity index (χ2v) is 5.95. The van der Waals surface area contributed by atoms with Crippen LogP contribution in [0, 0.1) is 5.41 Å². The molecule has 0 unspecified atom stereocenters. The van der Waals surface area contributed by atoms with Crippen molar-refractivity contribution in [2.45, 2.75) is 45.6 Å². The van der Waals surface area contributed by atoms with Crippen LogP contribution in [0.3, 0.4) is 0 Å². The van der Waals surface area contributed by atoms with Crippen molar-refractivity contribution in [3.05, 3.63) is 23.9 Å². The number of halogens is 2. The first-order valence-electron chi connectivity index (χ1n) is 6.90. The maximum absolute atomic E-state index is 12.1. The summed E-state index contributed by atoms with van der Waals surface area (Å²) in [5.41, 5.74) is 0.389. The number of hydrogen-bond donors (Lipinski definition) is 3. The molecule has 22 heavy (non-hydrogen) atoms. The van der Waals surface area contributed by atoms with Gasteiger partial charge in [-0.3, -0.25) is 0 Å². The Morgan fingerprint density at radius 3 is 2.91 bits per heavy atom. The van der Waals surface area contributed by atoms with Gasteiger partial charge in [0.1, 0.15) is 0 Å². The number of urea groups is 1. The van der Waals surface area contributed by atoms with Crippen LogP contribution in [0.25, 0.3) is 0 Å². The quantitative estimate of drug-likeness (QED) is 0.771. The van der Waals surface area contributed by atoms with E-state index in [1.54, 1.807) is 6.07 Å². The van der Waals surface area contributed by atoms with Gasteiger partial charge in [0, 0.05) is 18.8 Å². The average Bonchev–Trinajstić information content (AvgIpc) is 2.44. The molecule has 0 saturated heterocycles. The van der Waals surface area contributed by atoms with Gasteiger partial charge in [0.15, 0.2) is 0 Å². The Bertz CT molecular complexity index is 540. The van der Waals surface area contributed by atoms with Crippen molar-refractivity contribution in [3.8, 4) is 5.88 Å². The molecule has 1 aromatic heterocycles. The van der Waals surface area contributed by atoms with Gasteiger partial charge in [-0.2, -0.15) is 8.78 Å². The zero-order chi connectivity index (χ0) is 16.3. The Balaban J connectivity index is 1.79. The van der Waals surface area contributed by atoms with Gasteiger partial charge in [0.05, 0.1) is 12.1 Å². The molecule has 0 aromatic carbocycles. The first kappa shape index (κ1) is 16.4. The predicted molar refractivity (Wildman–Crippen MR) is 74.4 cm³/mol. The second-order valence-electron chi connectivity index (χ2n) is 5.95. The number of carbonyl (C=O) groups excluding carboxylic acids is 1. The number of alkyl halides is 2. The summed E-state index contributed by atoms with van der Waals surface area (Å²) in [5, 5.41) is 15.1. The number of pyridine rings is 1. The van der Waals surface area contributed by atoms with E-state index in [9.17, 15) is 18.7 Å². The van der Waals surface area contributed by atoms with E-state index in [1.165, 1.54) is 12.3 Å². The van der Waals surface area contributed by atoms with Crippen LogP contribution < -0.4 is 15.4 Å². The molecule has 2 atom stereocenters. The van der Waals surface area contributed by atoms with Gasteiger partial charge in [-0.1, -0.05) is 13.8 Å². The van der Waals surface area contributed by atoms with Crippen molar-refractivity contribution < 1.29 is 23.4 Å². The zero-order valence-corrected chi connectivity index (χ0v) is 12.3. The fraction of sp³-hybridized carbons (Fsp3) is 0.571. The summed E-state index contributed by atoms with van der Waals surface area (Å²) in [4.78, 5) is 15.4. The number of carbonyl (C=O) groups is 1. The van der Waals surface area contributed by atoms with E-state index in [2.05, 4.69) is 20.4 Å². The molecule has 0 aliphatic heterocycles. The van der Waals surface area contributed by atoms with E-state index < -0.39 is 18.7 Å². The number of rotatable bonds is 5. The molecule has 1 heterocycles. The normalized spacial score (nSPS) is 22.8. The van der Waals surface area contributed by atoms with Gasteiger partial charge in [-0.05, 0) is 23.5 Å². The highest BCUT2D eigenvalue weighted by atomic mass is 19.3. The summed E-state index contributed by atoms with van der Waals surface area (Å²) in [5.74, 6) is -0.203. The number of amides is 2. The number of aliphatic hydroxyl groups is 1. The van der Waals surface area contributed by atoms with Crippen LogP contribution in [0.4, 0.5) is 13.6 Å². The van der Waals surface area contributed by atoms with Crippen molar-refractivity contribution >= 4 is 6.03 Å². The average molecular weight is 315 g/mol. The van der Waals surface area contributed by atoms with E-state index in [1.807, 2.05) is 13.8 Å². The van der Waals surface area contributed by atoms with Crippen LogP contribution in [-0.4, -0.2) is 34.9 Å². The SMILES string of the molecule is CC1(C)C[C@H](NC(=O)NCc2ccnc(OC(F)F)c2)[C@@H]1O. The molecular formula is C14H19F2N3O3. The third-order valence-electron chi connectivity index (χ3n) is 3.71. The van der Waals surface area contributed by atoms with Crippen LogP contribution in [0.15, 0.2) is 18.3 Å². The maximum Gasteiger partial charge on any atom is 0.388 e. The van der Waals surface area contributed by atoms with E-state index in [-0.39, 0.29) is 23.9 Å². The minimum atomic E-state index is -2.94.